The molecule has 5 heteroatoms. The number of likely N-dealkylation sites (tertiary alicyclic amines) is 1. The van der Waals surface area contributed by atoms with Crippen LogP contribution in [0.3, 0.4) is 0 Å². The van der Waals surface area contributed by atoms with Gasteiger partial charge in [-0.25, -0.2) is 5.01 Å². The van der Waals surface area contributed by atoms with Crippen LogP contribution in [0.4, 0.5) is 0 Å². The Labute approximate surface area is 173 Å². The molecule has 2 aliphatic rings. The van der Waals surface area contributed by atoms with Gasteiger partial charge < -0.3 is 4.74 Å². The fourth-order valence-electron chi connectivity index (χ4n) is 4.15. The van der Waals surface area contributed by atoms with Gasteiger partial charge in [-0.2, -0.15) is 5.10 Å². The molecule has 1 fully saturated rings. The van der Waals surface area contributed by atoms with Crippen molar-refractivity contribution < 1.29 is 9.53 Å². The summed E-state index contributed by atoms with van der Waals surface area (Å²) in [6.07, 6.45) is 4.32. The van der Waals surface area contributed by atoms with Gasteiger partial charge in [0.1, 0.15) is 5.75 Å². The van der Waals surface area contributed by atoms with E-state index < -0.39 is 0 Å². The van der Waals surface area contributed by atoms with Gasteiger partial charge in [-0.1, -0.05) is 48.4 Å². The van der Waals surface area contributed by atoms with Gasteiger partial charge in [-0.05, 0) is 50.6 Å². The summed E-state index contributed by atoms with van der Waals surface area (Å²) in [6.45, 7) is 4.52. The van der Waals surface area contributed by atoms with Crippen molar-refractivity contribution in [2.45, 2.75) is 38.6 Å². The zero-order chi connectivity index (χ0) is 20.2. The van der Waals surface area contributed by atoms with Gasteiger partial charge in [0.05, 0.1) is 25.4 Å². The molecule has 1 atom stereocenters. The Bertz CT molecular complexity index is 885. The normalized spacial score (nSPS) is 19.9. The summed E-state index contributed by atoms with van der Waals surface area (Å²) in [5.41, 5.74) is 4.28. The summed E-state index contributed by atoms with van der Waals surface area (Å²) in [5, 5.41) is 6.51. The summed E-state index contributed by atoms with van der Waals surface area (Å²) in [7, 11) is 1.67. The van der Waals surface area contributed by atoms with Crippen molar-refractivity contribution in [3.8, 4) is 5.75 Å². The summed E-state index contributed by atoms with van der Waals surface area (Å²) in [4.78, 5) is 15.5. The predicted octanol–water partition coefficient (Wildman–Crippen LogP) is 4.17. The van der Waals surface area contributed by atoms with E-state index in [1.165, 1.54) is 24.8 Å². The zero-order valence-electron chi connectivity index (χ0n) is 17.3. The molecule has 0 N–H and O–H groups in total. The largest absolute Gasteiger partial charge is 0.497 e. The molecule has 0 aliphatic carbocycles. The number of benzene rings is 2. The van der Waals surface area contributed by atoms with Crippen molar-refractivity contribution in [1.29, 1.82) is 0 Å². The number of piperidine rings is 1. The first kappa shape index (κ1) is 19.6. The fraction of sp³-hybridized carbons (Fsp3) is 0.417. The predicted molar refractivity (Wildman–Crippen MR) is 115 cm³/mol. The Morgan fingerprint density at radius 1 is 1.10 bits per heavy atom. The number of amides is 1. The van der Waals surface area contributed by atoms with Crippen LogP contribution in [-0.4, -0.2) is 48.3 Å². The number of hydrogen-bond acceptors (Lipinski definition) is 4. The van der Waals surface area contributed by atoms with Crippen LogP contribution in [0, 0.1) is 6.92 Å². The molecule has 0 spiro atoms. The molecule has 1 saturated heterocycles. The SMILES string of the molecule is COc1cccc(C2=NN(C(=O)CN3CCCCC3)[C@H](c3ccc(C)cc3)C2)c1. The van der Waals surface area contributed by atoms with E-state index in [4.69, 9.17) is 9.84 Å². The summed E-state index contributed by atoms with van der Waals surface area (Å²) in [5.74, 6) is 0.880. The van der Waals surface area contributed by atoms with E-state index in [-0.39, 0.29) is 11.9 Å². The van der Waals surface area contributed by atoms with Crippen molar-refractivity contribution in [3.63, 3.8) is 0 Å². The molecule has 0 radical (unpaired) electrons. The van der Waals surface area contributed by atoms with Gasteiger partial charge >= 0.3 is 0 Å². The average Bonchev–Trinajstić information content (AvgIpc) is 3.21. The molecule has 2 aliphatic heterocycles. The maximum absolute atomic E-state index is 13.2. The van der Waals surface area contributed by atoms with Gasteiger partial charge in [0.15, 0.2) is 0 Å². The highest BCUT2D eigenvalue weighted by atomic mass is 16.5. The zero-order valence-corrected chi connectivity index (χ0v) is 17.3. The Kier molecular flexibility index (Phi) is 5.95. The van der Waals surface area contributed by atoms with E-state index in [2.05, 4.69) is 36.1 Å². The maximum Gasteiger partial charge on any atom is 0.257 e. The summed E-state index contributed by atoms with van der Waals surface area (Å²) < 4.78 is 5.37. The Morgan fingerprint density at radius 3 is 2.59 bits per heavy atom. The van der Waals surface area contributed by atoms with E-state index >= 15 is 0 Å². The molecule has 4 rings (SSSR count). The minimum Gasteiger partial charge on any atom is -0.497 e. The van der Waals surface area contributed by atoms with Crippen molar-refractivity contribution in [2.24, 2.45) is 5.10 Å². The highest BCUT2D eigenvalue weighted by Gasteiger charge is 2.33. The lowest BCUT2D eigenvalue weighted by molar-refractivity contribution is -0.134. The molecule has 5 nitrogen and oxygen atoms in total. The molecule has 152 valence electrons. The molecule has 0 unspecified atom stereocenters. The average molecular weight is 392 g/mol. The van der Waals surface area contributed by atoms with Gasteiger partial charge in [0.2, 0.25) is 0 Å². The van der Waals surface area contributed by atoms with Gasteiger partial charge in [0, 0.05) is 12.0 Å². The number of hydrogen-bond donors (Lipinski definition) is 0. The van der Waals surface area contributed by atoms with E-state index in [0.29, 0.717) is 13.0 Å². The van der Waals surface area contributed by atoms with Gasteiger partial charge in [0.25, 0.3) is 5.91 Å². The smallest absolute Gasteiger partial charge is 0.257 e. The van der Waals surface area contributed by atoms with E-state index in [1.807, 2.05) is 24.3 Å². The minimum absolute atomic E-state index is 0.0610. The molecule has 2 aromatic carbocycles. The first-order chi connectivity index (χ1) is 14.1. The lowest BCUT2D eigenvalue weighted by atomic mass is 9.97. The van der Waals surface area contributed by atoms with Crippen LogP contribution in [0.25, 0.3) is 0 Å². The standard InChI is InChI=1S/C24H29N3O2/c1-18-9-11-19(12-10-18)23-16-22(20-7-6-8-21(15-20)29-2)25-27(23)24(28)17-26-13-4-3-5-14-26/h6-12,15,23H,3-5,13-14,16-17H2,1-2H3/t23-/m0/s1. The molecule has 0 aromatic heterocycles. The van der Waals surface area contributed by atoms with Crippen LogP contribution in [-0.2, 0) is 4.79 Å². The number of hydrazone groups is 1. The second-order valence-electron chi connectivity index (χ2n) is 7.98. The third-order valence-electron chi connectivity index (χ3n) is 5.84. The van der Waals surface area contributed by atoms with Crippen LogP contribution in [0.15, 0.2) is 53.6 Å². The molecule has 29 heavy (non-hydrogen) atoms. The van der Waals surface area contributed by atoms with E-state index in [1.54, 1.807) is 12.1 Å². The van der Waals surface area contributed by atoms with Gasteiger partial charge in [-0.3, -0.25) is 9.69 Å². The molecule has 1 amide bonds. The van der Waals surface area contributed by atoms with Crippen LogP contribution in [0.1, 0.15) is 48.4 Å². The van der Waals surface area contributed by atoms with Crippen molar-refractivity contribution in [3.05, 3.63) is 65.2 Å². The maximum atomic E-state index is 13.2. The number of carbonyl (C=O) groups is 1. The Balaban J connectivity index is 1.61. The summed E-state index contributed by atoms with van der Waals surface area (Å²) >= 11 is 0. The second kappa shape index (κ2) is 8.78. The molecule has 2 aromatic rings. The third-order valence-corrected chi connectivity index (χ3v) is 5.84. The van der Waals surface area contributed by atoms with E-state index in [0.717, 1.165) is 35.7 Å². The van der Waals surface area contributed by atoms with Crippen molar-refractivity contribution in [2.75, 3.05) is 26.7 Å². The first-order valence-corrected chi connectivity index (χ1v) is 10.5. The van der Waals surface area contributed by atoms with Crippen LogP contribution >= 0.6 is 0 Å². The lowest BCUT2D eigenvalue weighted by Crippen LogP contribution is -2.40. The second-order valence-corrected chi connectivity index (χ2v) is 7.98. The number of rotatable bonds is 5. The van der Waals surface area contributed by atoms with E-state index in [9.17, 15) is 4.79 Å². The van der Waals surface area contributed by atoms with Crippen molar-refractivity contribution in [1.82, 2.24) is 9.91 Å². The molecule has 2 heterocycles. The fourth-order valence-corrected chi connectivity index (χ4v) is 4.15. The molecule has 0 saturated carbocycles. The number of nitrogens with zero attached hydrogens (tertiary/aromatic N) is 3. The molecular weight excluding hydrogens is 362 g/mol. The minimum atomic E-state index is -0.0610. The number of carbonyl (C=O) groups excluding carboxylic acids is 1. The number of methoxy groups -OCH3 is 1. The van der Waals surface area contributed by atoms with Crippen molar-refractivity contribution >= 4 is 11.6 Å². The third kappa shape index (κ3) is 4.51. The molecular formula is C24H29N3O2. The van der Waals surface area contributed by atoms with Crippen LogP contribution < -0.4 is 4.74 Å². The summed E-state index contributed by atoms with van der Waals surface area (Å²) in [6, 6.07) is 16.3. The monoisotopic (exact) mass is 391 g/mol. The van der Waals surface area contributed by atoms with Crippen LogP contribution in [0.2, 0.25) is 0 Å². The Morgan fingerprint density at radius 2 is 1.86 bits per heavy atom. The highest BCUT2D eigenvalue weighted by molar-refractivity contribution is 6.03. The number of aryl methyl sites for hydroxylation is 1. The topological polar surface area (TPSA) is 45.1 Å². The highest BCUT2D eigenvalue weighted by Crippen LogP contribution is 2.33. The number of ether oxygens (including phenoxy) is 1. The van der Waals surface area contributed by atoms with Crippen LogP contribution in [0.5, 0.6) is 5.75 Å². The molecule has 0 bridgehead atoms. The first-order valence-electron chi connectivity index (χ1n) is 10.5. The quantitative estimate of drug-likeness (QED) is 0.769. The Hall–Kier alpha value is -2.66. The lowest BCUT2D eigenvalue weighted by Gasteiger charge is -2.29. The van der Waals surface area contributed by atoms with Gasteiger partial charge in [-0.15, -0.1) is 0 Å².